The van der Waals surface area contributed by atoms with E-state index in [0.717, 1.165) is 11.8 Å². The zero-order chi connectivity index (χ0) is 11.8. The summed E-state index contributed by atoms with van der Waals surface area (Å²) in [6, 6.07) is 0. The fraction of sp³-hybridized carbons (Fsp3) is 1.00. The summed E-state index contributed by atoms with van der Waals surface area (Å²) in [5.41, 5.74) is 0. The summed E-state index contributed by atoms with van der Waals surface area (Å²) in [4.78, 5) is 5.20. The molecular weight excluding hydrogens is 220 g/mol. The molecule has 1 aliphatic heterocycles. The van der Waals surface area contributed by atoms with Gasteiger partial charge in [-0.25, -0.2) is 0 Å². The Kier molecular flexibility index (Phi) is 7.42. The number of halogens is 1. The van der Waals surface area contributed by atoms with Crippen molar-refractivity contribution in [1.29, 1.82) is 0 Å². The van der Waals surface area contributed by atoms with Gasteiger partial charge in [0.1, 0.15) is 0 Å². The van der Waals surface area contributed by atoms with Crippen molar-refractivity contribution in [2.45, 2.75) is 33.1 Å². The van der Waals surface area contributed by atoms with Crippen LogP contribution in [0.3, 0.4) is 0 Å². The zero-order valence-corrected chi connectivity index (χ0v) is 11.7. The summed E-state index contributed by atoms with van der Waals surface area (Å²) in [5, 5.41) is 0. The van der Waals surface area contributed by atoms with Crippen LogP contribution in [0.4, 0.5) is 0 Å². The van der Waals surface area contributed by atoms with Crippen LogP contribution < -0.4 is 0 Å². The van der Waals surface area contributed by atoms with Gasteiger partial charge in [0.15, 0.2) is 0 Å². The van der Waals surface area contributed by atoms with E-state index in [0.29, 0.717) is 0 Å². The van der Waals surface area contributed by atoms with Crippen molar-refractivity contribution in [3.8, 4) is 0 Å². The van der Waals surface area contributed by atoms with Crippen molar-refractivity contribution in [2.24, 2.45) is 5.92 Å². The fourth-order valence-electron chi connectivity index (χ4n) is 2.32. The topological polar surface area (TPSA) is 6.48 Å². The number of alkyl halides is 1. The Morgan fingerprint density at radius 2 is 1.56 bits per heavy atom. The largest absolute Gasteiger partial charge is 0.301 e. The zero-order valence-electron chi connectivity index (χ0n) is 10.9. The second-order valence-corrected chi connectivity index (χ2v) is 5.66. The highest BCUT2D eigenvalue weighted by atomic mass is 35.5. The molecule has 1 fully saturated rings. The molecule has 1 heterocycles. The fourth-order valence-corrected chi connectivity index (χ4v) is 2.51. The molecule has 0 atom stereocenters. The predicted octanol–water partition coefficient (Wildman–Crippen LogP) is 2.67. The van der Waals surface area contributed by atoms with Gasteiger partial charge in [-0.1, -0.05) is 20.3 Å². The minimum absolute atomic E-state index is 0.801. The van der Waals surface area contributed by atoms with E-state index < -0.39 is 0 Å². The van der Waals surface area contributed by atoms with Crippen LogP contribution in [0.5, 0.6) is 0 Å². The van der Waals surface area contributed by atoms with E-state index >= 15 is 0 Å². The lowest BCUT2D eigenvalue weighted by atomic mass is 10.2. The lowest BCUT2D eigenvalue weighted by Crippen LogP contribution is -2.47. The third kappa shape index (κ3) is 6.07. The van der Waals surface area contributed by atoms with Crippen molar-refractivity contribution in [1.82, 2.24) is 9.80 Å². The molecule has 96 valence electrons. The van der Waals surface area contributed by atoms with Crippen LogP contribution in [-0.4, -0.2) is 54.9 Å². The Morgan fingerprint density at radius 1 is 0.938 bits per heavy atom. The molecule has 0 aromatic heterocycles. The van der Waals surface area contributed by atoms with Gasteiger partial charge in [0.2, 0.25) is 0 Å². The molecule has 3 heteroatoms. The molecule has 0 spiro atoms. The van der Waals surface area contributed by atoms with E-state index in [1.54, 1.807) is 0 Å². The van der Waals surface area contributed by atoms with Gasteiger partial charge in [0.05, 0.1) is 0 Å². The molecule has 1 rings (SSSR count). The Labute approximate surface area is 106 Å². The average Bonchev–Trinajstić information content (AvgIpc) is 2.26. The maximum atomic E-state index is 5.67. The minimum Gasteiger partial charge on any atom is -0.301 e. The third-order valence-electron chi connectivity index (χ3n) is 3.20. The van der Waals surface area contributed by atoms with Gasteiger partial charge in [-0.2, -0.15) is 0 Å². The molecule has 1 saturated heterocycles. The summed E-state index contributed by atoms with van der Waals surface area (Å²) in [6.45, 7) is 12.2. The number of rotatable bonds is 7. The quantitative estimate of drug-likeness (QED) is 0.504. The summed E-state index contributed by atoms with van der Waals surface area (Å²) in [5.74, 6) is 1.62. The first-order valence-corrected chi connectivity index (χ1v) is 7.26. The molecule has 16 heavy (non-hydrogen) atoms. The van der Waals surface area contributed by atoms with E-state index in [9.17, 15) is 0 Å². The number of hydrogen-bond donors (Lipinski definition) is 0. The maximum absolute atomic E-state index is 5.67. The van der Waals surface area contributed by atoms with Crippen LogP contribution in [0.15, 0.2) is 0 Å². The maximum Gasteiger partial charge on any atom is 0.0223 e. The SMILES string of the molecule is CC(C)CN1CCN(CCCCCCl)CC1. The average molecular weight is 247 g/mol. The van der Waals surface area contributed by atoms with E-state index in [2.05, 4.69) is 23.6 Å². The van der Waals surface area contributed by atoms with Gasteiger partial charge in [-0.3, -0.25) is 0 Å². The van der Waals surface area contributed by atoms with Crippen molar-refractivity contribution >= 4 is 11.6 Å². The lowest BCUT2D eigenvalue weighted by molar-refractivity contribution is 0.121. The second kappa shape index (κ2) is 8.32. The molecule has 0 amide bonds. The van der Waals surface area contributed by atoms with E-state index in [1.165, 1.54) is 58.5 Å². The van der Waals surface area contributed by atoms with Gasteiger partial charge in [-0.05, 0) is 25.3 Å². The van der Waals surface area contributed by atoms with Crippen molar-refractivity contribution in [2.75, 3.05) is 45.1 Å². The number of hydrogen-bond acceptors (Lipinski definition) is 2. The molecule has 0 saturated carbocycles. The van der Waals surface area contributed by atoms with Gasteiger partial charge >= 0.3 is 0 Å². The highest BCUT2D eigenvalue weighted by molar-refractivity contribution is 6.17. The Hall–Kier alpha value is 0.210. The third-order valence-corrected chi connectivity index (χ3v) is 3.46. The molecule has 0 bridgehead atoms. The summed E-state index contributed by atoms with van der Waals surface area (Å²) in [7, 11) is 0. The van der Waals surface area contributed by atoms with Crippen molar-refractivity contribution in [3.05, 3.63) is 0 Å². The first-order valence-electron chi connectivity index (χ1n) is 6.73. The standard InChI is InChI=1S/C13H27ClN2/c1-13(2)12-16-10-8-15(9-11-16)7-5-3-4-6-14/h13H,3-12H2,1-2H3. The normalized spacial score (nSPS) is 19.5. The predicted molar refractivity (Wildman–Crippen MR) is 72.3 cm³/mol. The van der Waals surface area contributed by atoms with Crippen LogP contribution in [0, 0.1) is 5.92 Å². The molecule has 0 radical (unpaired) electrons. The first-order chi connectivity index (χ1) is 7.72. The van der Waals surface area contributed by atoms with Gasteiger partial charge in [0.25, 0.3) is 0 Å². The Bertz CT molecular complexity index is 165. The van der Waals surface area contributed by atoms with Crippen LogP contribution >= 0.6 is 11.6 Å². The number of nitrogens with zero attached hydrogens (tertiary/aromatic N) is 2. The molecule has 1 aliphatic rings. The van der Waals surface area contributed by atoms with Crippen molar-refractivity contribution < 1.29 is 0 Å². The Balaban J connectivity index is 2.03. The van der Waals surface area contributed by atoms with E-state index in [1.807, 2.05) is 0 Å². The van der Waals surface area contributed by atoms with Crippen LogP contribution in [-0.2, 0) is 0 Å². The van der Waals surface area contributed by atoms with Gasteiger partial charge in [-0.15, -0.1) is 11.6 Å². The highest BCUT2D eigenvalue weighted by Crippen LogP contribution is 2.07. The molecule has 0 N–H and O–H groups in total. The summed E-state index contributed by atoms with van der Waals surface area (Å²) in [6.07, 6.45) is 3.78. The van der Waals surface area contributed by atoms with Crippen LogP contribution in [0.1, 0.15) is 33.1 Å². The monoisotopic (exact) mass is 246 g/mol. The van der Waals surface area contributed by atoms with Crippen LogP contribution in [0.25, 0.3) is 0 Å². The second-order valence-electron chi connectivity index (χ2n) is 5.29. The number of unbranched alkanes of at least 4 members (excludes halogenated alkanes) is 2. The van der Waals surface area contributed by atoms with Gasteiger partial charge in [0, 0.05) is 38.6 Å². The molecule has 0 aliphatic carbocycles. The van der Waals surface area contributed by atoms with Crippen LogP contribution in [0.2, 0.25) is 0 Å². The smallest absolute Gasteiger partial charge is 0.0223 e. The number of piperazine rings is 1. The molecule has 2 nitrogen and oxygen atoms in total. The van der Waals surface area contributed by atoms with E-state index in [-0.39, 0.29) is 0 Å². The lowest BCUT2D eigenvalue weighted by Gasteiger charge is -2.35. The van der Waals surface area contributed by atoms with Crippen molar-refractivity contribution in [3.63, 3.8) is 0 Å². The molecule has 0 aromatic carbocycles. The van der Waals surface area contributed by atoms with Gasteiger partial charge < -0.3 is 9.80 Å². The molecule has 0 unspecified atom stereocenters. The highest BCUT2D eigenvalue weighted by Gasteiger charge is 2.16. The Morgan fingerprint density at radius 3 is 2.12 bits per heavy atom. The summed E-state index contributed by atoms with van der Waals surface area (Å²) < 4.78 is 0. The van der Waals surface area contributed by atoms with E-state index in [4.69, 9.17) is 11.6 Å². The molecular formula is C13H27ClN2. The molecule has 0 aromatic rings. The minimum atomic E-state index is 0.801. The first kappa shape index (κ1) is 14.3. The summed E-state index contributed by atoms with van der Waals surface area (Å²) >= 11 is 5.67.